The van der Waals surface area contributed by atoms with Crippen LogP contribution in [0.1, 0.15) is 11.0 Å². The molecule has 2 heterocycles. The summed E-state index contributed by atoms with van der Waals surface area (Å²) in [6.45, 7) is 5.07. The molecule has 1 aromatic rings. The monoisotopic (exact) mass is 196 g/mol. The molecular formula is C10H12O2S. The lowest BCUT2D eigenvalue weighted by atomic mass is 9.97. The lowest BCUT2D eigenvalue weighted by Crippen LogP contribution is -2.12. The van der Waals surface area contributed by atoms with Gasteiger partial charge in [-0.3, -0.25) is 0 Å². The fraction of sp³-hybridized carbons (Fsp3) is 0.400. The maximum atomic E-state index is 9.95. The van der Waals surface area contributed by atoms with E-state index in [0.717, 1.165) is 10.5 Å². The van der Waals surface area contributed by atoms with E-state index in [1.807, 2.05) is 17.5 Å². The SMILES string of the molecule is C=C1COC[C@H]1[C@@H](O)c1cccs1. The molecule has 1 saturated heterocycles. The van der Waals surface area contributed by atoms with Crippen LogP contribution in [0, 0.1) is 5.92 Å². The van der Waals surface area contributed by atoms with Crippen LogP contribution in [0.2, 0.25) is 0 Å². The molecule has 3 heteroatoms. The molecule has 13 heavy (non-hydrogen) atoms. The van der Waals surface area contributed by atoms with Gasteiger partial charge < -0.3 is 9.84 Å². The molecule has 70 valence electrons. The fourth-order valence-electron chi connectivity index (χ4n) is 1.51. The number of aliphatic hydroxyl groups excluding tert-OH is 1. The third kappa shape index (κ3) is 1.68. The number of ether oxygens (including phenoxy) is 1. The maximum absolute atomic E-state index is 9.95. The standard InChI is InChI=1S/C10H12O2S/c1-7-5-12-6-8(7)10(11)9-3-2-4-13-9/h2-4,8,10-11H,1,5-6H2/t8-,10-/m1/s1. The molecule has 0 aliphatic carbocycles. The molecule has 2 rings (SSSR count). The van der Waals surface area contributed by atoms with E-state index in [9.17, 15) is 5.11 Å². The molecule has 0 amide bonds. The van der Waals surface area contributed by atoms with Gasteiger partial charge in [-0.1, -0.05) is 12.6 Å². The summed E-state index contributed by atoms with van der Waals surface area (Å²) in [5.74, 6) is 0.0821. The van der Waals surface area contributed by atoms with Crippen LogP contribution < -0.4 is 0 Å². The van der Waals surface area contributed by atoms with Crippen molar-refractivity contribution in [1.29, 1.82) is 0 Å². The minimum atomic E-state index is -0.435. The van der Waals surface area contributed by atoms with Gasteiger partial charge >= 0.3 is 0 Å². The molecule has 0 unspecified atom stereocenters. The lowest BCUT2D eigenvalue weighted by molar-refractivity contribution is 0.0996. The quantitative estimate of drug-likeness (QED) is 0.733. The van der Waals surface area contributed by atoms with Gasteiger partial charge in [0.2, 0.25) is 0 Å². The Morgan fingerprint density at radius 1 is 1.69 bits per heavy atom. The zero-order valence-electron chi connectivity index (χ0n) is 7.27. The highest BCUT2D eigenvalue weighted by atomic mass is 32.1. The highest BCUT2D eigenvalue weighted by molar-refractivity contribution is 7.10. The molecule has 1 aliphatic heterocycles. The molecule has 0 spiro atoms. The van der Waals surface area contributed by atoms with E-state index < -0.39 is 6.10 Å². The zero-order valence-corrected chi connectivity index (χ0v) is 8.09. The smallest absolute Gasteiger partial charge is 0.0969 e. The minimum Gasteiger partial charge on any atom is -0.387 e. The molecule has 0 radical (unpaired) electrons. The first-order valence-electron chi connectivity index (χ1n) is 4.26. The lowest BCUT2D eigenvalue weighted by Gasteiger charge is -2.15. The second kappa shape index (κ2) is 3.62. The topological polar surface area (TPSA) is 29.5 Å². The Kier molecular flexibility index (Phi) is 2.49. The van der Waals surface area contributed by atoms with Crippen molar-refractivity contribution in [2.24, 2.45) is 5.92 Å². The van der Waals surface area contributed by atoms with Gasteiger partial charge in [-0.25, -0.2) is 0 Å². The number of hydrogen-bond donors (Lipinski definition) is 1. The molecular weight excluding hydrogens is 184 g/mol. The molecule has 0 aromatic carbocycles. The van der Waals surface area contributed by atoms with Crippen molar-refractivity contribution < 1.29 is 9.84 Å². The van der Waals surface area contributed by atoms with E-state index in [1.54, 1.807) is 11.3 Å². The predicted molar refractivity (Wildman–Crippen MR) is 52.7 cm³/mol. The summed E-state index contributed by atoms with van der Waals surface area (Å²) in [6.07, 6.45) is -0.435. The Hall–Kier alpha value is -0.640. The summed E-state index contributed by atoms with van der Waals surface area (Å²) in [6, 6.07) is 3.89. The van der Waals surface area contributed by atoms with E-state index in [2.05, 4.69) is 6.58 Å². The highest BCUT2D eigenvalue weighted by Crippen LogP contribution is 2.33. The van der Waals surface area contributed by atoms with Gasteiger partial charge in [0.1, 0.15) is 0 Å². The van der Waals surface area contributed by atoms with E-state index in [-0.39, 0.29) is 5.92 Å². The third-order valence-electron chi connectivity index (χ3n) is 2.33. The first-order chi connectivity index (χ1) is 6.29. The Bertz CT molecular complexity index is 292. The van der Waals surface area contributed by atoms with Crippen LogP contribution in [0.25, 0.3) is 0 Å². The van der Waals surface area contributed by atoms with Crippen molar-refractivity contribution >= 4 is 11.3 Å². The minimum absolute atomic E-state index is 0.0821. The van der Waals surface area contributed by atoms with Crippen molar-refractivity contribution in [1.82, 2.24) is 0 Å². The molecule has 1 aliphatic rings. The van der Waals surface area contributed by atoms with Gasteiger partial charge in [0, 0.05) is 10.8 Å². The number of rotatable bonds is 2. The largest absolute Gasteiger partial charge is 0.387 e. The van der Waals surface area contributed by atoms with Gasteiger partial charge in [0.15, 0.2) is 0 Å². The fourth-order valence-corrected chi connectivity index (χ4v) is 2.29. The summed E-state index contributed by atoms with van der Waals surface area (Å²) in [4.78, 5) is 0.997. The first-order valence-corrected chi connectivity index (χ1v) is 5.14. The van der Waals surface area contributed by atoms with Crippen molar-refractivity contribution in [3.63, 3.8) is 0 Å². The molecule has 1 N–H and O–H groups in total. The van der Waals surface area contributed by atoms with Gasteiger partial charge in [0.05, 0.1) is 19.3 Å². The summed E-state index contributed by atoms with van der Waals surface area (Å²) in [5, 5.41) is 11.9. The normalized spacial score (nSPS) is 25.0. The van der Waals surface area contributed by atoms with E-state index in [0.29, 0.717) is 13.2 Å². The van der Waals surface area contributed by atoms with Crippen LogP contribution in [0.5, 0.6) is 0 Å². The Morgan fingerprint density at radius 2 is 2.54 bits per heavy atom. The van der Waals surface area contributed by atoms with Crippen molar-refractivity contribution in [3.8, 4) is 0 Å². The van der Waals surface area contributed by atoms with Gasteiger partial charge in [-0.2, -0.15) is 0 Å². The van der Waals surface area contributed by atoms with Gasteiger partial charge in [0.25, 0.3) is 0 Å². The highest BCUT2D eigenvalue weighted by Gasteiger charge is 2.28. The van der Waals surface area contributed by atoms with Gasteiger partial charge in [-0.05, 0) is 17.0 Å². The average Bonchev–Trinajstić information content (AvgIpc) is 2.72. The number of hydrogen-bond acceptors (Lipinski definition) is 3. The maximum Gasteiger partial charge on any atom is 0.0969 e. The summed E-state index contributed by atoms with van der Waals surface area (Å²) < 4.78 is 5.23. The molecule has 2 nitrogen and oxygen atoms in total. The van der Waals surface area contributed by atoms with Crippen LogP contribution in [0.15, 0.2) is 29.7 Å². The van der Waals surface area contributed by atoms with Crippen LogP contribution in [-0.2, 0) is 4.74 Å². The van der Waals surface area contributed by atoms with Crippen LogP contribution in [-0.4, -0.2) is 18.3 Å². The summed E-state index contributed by atoms with van der Waals surface area (Å²) in [7, 11) is 0. The Morgan fingerprint density at radius 3 is 3.08 bits per heavy atom. The Balaban J connectivity index is 2.13. The first kappa shape index (κ1) is 8.94. The van der Waals surface area contributed by atoms with Crippen LogP contribution in [0.4, 0.5) is 0 Å². The summed E-state index contributed by atoms with van der Waals surface area (Å²) in [5.41, 5.74) is 1.00. The third-order valence-corrected chi connectivity index (χ3v) is 3.27. The second-order valence-electron chi connectivity index (χ2n) is 3.24. The van der Waals surface area contributed by atoms with E-state index >= 15 is 0 Å². The zero-order chi connectivity index (χ0) is 9.26. The Labute approximate surface area is 81.5 Å². The molecule has 0 bridgehead atoms. The van der Waals surface area contributed by atoms with Crippen LogP contribution in [0.3, 0.4) is 0 Å². The van der Waals surface area contributed by atoms with Crippen LogP contribution >= 0.6 is 11.3 Å². The number of aliphatic hydroxyl groups is 1. The molecule has 1 fully saturated rings. The molecule has 2 atom stereocenters. The molecule has 1 aromatic heterocycles. The van der Waals surface area contributed by atoms with Crippen molar-refractivity contribution in [2.75, 3.05) is 13.2 Å². The molecule has 0 saturated carbocycles. The van der Waals surface area contributed by atoms with E-state index in [1.165, 1.54) is 0 Å². The summed E-state index contributed by atoms with van der Waals surface area (Å²) >= 11 is 1.57. The van der Waals surface area contributed by atoms with Crippen molar-refractivity contribution in [2.45, 2.75) is 6.10 Å². The predicted octanol–water partition coefficient (Wildman–Crippen LogP) is 1.98. The number of thiophene rings is 1. The second-order valence-corrected chi connectivity index (χ2v) is 4.22. The van der Waals surface area contributed by atoms with Crippen molar-refractivity contribution in [3.05, 3.63) is 34.5 Å². The average molecular weight is 196 g/mol. The van der Waals surface area contributed by atoms with E-state index in [4.69, 9.17) is 4.74 Å². The van der Waals surface area contributed by atoms with Gasteiger partial charge in [-0.15, -0.1) is 11.3 Å².